The minimum absolute atomic E-state index is 0.00683. The summed E-state index contributed by atoms with van der Waals surface area (Å²) in [4.78, 5) is 0. The first-order valence-electron chi connectivity index (χ1n) is 6.02. The summed E-state index contributed by atoms with van der Waals surface area (Å²) in [5.41, 5.74) is 0.642. The summed E-state index contributed by atoms with van der Waals surface area (Å²) < 4.78 is 27.3. The van der Waals surface area contributed by atoms with Crippen LogP contribution in [0.3, 0.4) is 0 Å². The quantitative estimate of drug-likeness (QED) is 0.885. The Balaban J connectivity index is 2.09. The topological polar surface area (TPSA) is 20.2 Å². The lowest BCUT2D eigenvalue weighted by Crippen LogP contribution is -2.15. The van der Waals surface area contributed by atoms with E-state index in [0.29, 0.717) is 16.1 Å². The fourth-order valence-corrected chi connectivity index (χ4v) is 2.33. The summed E-state index contributed by atoms with van der Waals surface area (Å²) in [5.74, 6) is -1.03. The van der Waals surface area contributed by atoms with E-state index in [4.69, 9.17) is 23.2 Å². The van der Waals surface area contributed by atoms with Gasteiger partial charge in [-0.2, -0.15) is 0 Å². The second kappa shape index (κ2) is 6.53. The van der Waals surface area contributed by atoms with E-state index in [1.807, 2.05) is 0 Å². The average Bonchev–Trinajstić information content (AvgIpc) is 2.38. The van der Waals surface area contributed by atoms with Crippen molar-refractivity contribution in [3.63, 3.8) is 0 Å². The molecule has 0 bridgehead atoms. The summed E-state index contributed by atoms with van der Waals surface area (Å²) in [5, 5.41) is 10.3. The molecule has 2 rings (SSSR count). The summed E-state index contributed by atoms with van der Waals surface area (Å²) in [6.07, 6.45) is -0.762. The third-order valence-corrected chi connectivity index (χ3v) is 3.48. The van der Waals surface area contributed by atoms with Crippen LogP contribution in [0.5, 0.6) is 0 Å². The van der Waals surface area contributed by atoms with Gasteiger partial charge in [-0.3, -0.25) is 0 Å². The molecule has 2 aromatic rings. The van der Waals surface area contributed by atoms with Crippen LogP contribution in [0.4, 0.5) is 8.78 Å². The van der Waals surface area contributed by atoms with Gasteiger partial charge in [-0.15, -0.1) is 0 Å². The van der Waals surface area contributed by atoms with Crippen LogP contribution in [0.1, 0.15) is 11.1 Å². The molecule has 0 amide bonds. The highest BCUT2D eigenvalue weighted by atomic mass is 35.5. The molecule has 0 saturated heterocycles. The van der Waals surface area contributed by atoms with E-state index in [-0.39, 0.29) is 17.9 Å². The number of halogens is 4. The molecule has 0 spiro atoms. The monoisotopic (exact) mass is 316 g/mol. The van der Waals surface area contributed by atoms with Crippen LogP contribution in [0, 0.1) is 11.6 Å². The number of hydrogen-bond donors (Lipinski definition) is 1. The van der Waals surface area contributed by atoms with Gasteiger partial charge in [-0.05, 0) is 29.3 Å². The minimum Gasteiger partial charge on any atom is -0.392 e. The van der Waals surface area contributed by atoms with E-state index >= 15 is 0 Å². The summed E-state index contributed by atoms with van der Waals surface area (Å²) in [7, 11) is 0. The Kier molecular flexibility index (Phi) is 4.97. The van der Waals surface area contributed by atoms with Crippen LogP contribution in [-0.4, -0.2) is 11.2 Å². The van der Waals surface area contributed by atoms with Crippen molar-refractivity contribution in [1.82, 2.24) is 0 Å². The van der Waals surface area contributed by atoms with Gasteiger partial charge in [-0.25, -0.2) is 8.78 Å². The van der Waals surface area contributed by atoms with Crippen LogP contribution in [0.2, 0.25) is 10.0 Å². The van der Waals surface area contributed by atoms with E-state index in [2.05, 4.69) is 0 Å². The Bertz CT molecular complexity index is 617. The molecule has 0 saturated carbocycles. The van der Waals surface area contributed by atoms with Gasteiger partial charge in [0, 0.05) is 17.9 Å². The molecule has 1 unspecified atom stereocenters. The van der Waals surface area contributed by atoms with Gasteiger partial charge >= 0.3 is 0 Å². The maximum absolute atomic E-state index is 13.7. The van der Waals surface area contributed by atoms with Gasteiger partial charge in [0.15, 0.2) is 0 Å². The van der Waals surface area contributed by atoms with Crippen molar-refractivity contribution >= 4 is 23.2 Å². The molecule has 20 heavy (non-hydrogen) atoms. The second-order valence-corrected chi connectivity index (χ2v) is 5.35. The van der Waals surface area contributed by atoms with E-state index in [0.717, 1.165) is 0 Å². The Morgan fingerprint density at radius 2 is 1.70 bits per heavy atom. The summed E-state index contributed by atoms with van der Waals surface area (Å²) in [6.45, 7) is 0. The zero-order valence-electron chi connectivity index (χ0n) is 10.4. The zero-order chi connectivity index (χ0) is 14.7. The van der Waals surface area contributed by atoms with Crippen molar-refractivity contribution in [2.75, 3.05) is 0 Å². The first kappa shape index (κ1) is 15.2. The molecule has 5 heteroatoms. The van der Waals surface area contributed by atoms with Gasteiger partial charge in [0.1, 0.15) is 11.6 Å². The minimum atomic E-state index is -0.904. The maximum Gasteiger partial charge on any atom is 0.145 e. The van der Waals surface area contributed by atoms with E-state index < -0.39 is 17.7 Å². The molecule has 0 radical (unpaired) electrons. The lowest BCUT2D eigenvalue weighted by Gasteiger charge is -2.12. The number of benzene rings is 2. The van der Waals surface area contributed by atoms with Gasteiger partial charge in [0.2, 0.25) is 0 Å². The third-order valence-electron chi connectivity index (χ3n) is 2.96. The lowest BCUT2D eigenvalue weighted by molar-refractivity contribution is 0.173. The van der Waals surface area contributed by atoms with Crippen molar-refractivity contribution in [2.24, 2.45) is 0 Å². The number of aliphatic hydroxyl groups excluding tert-OH is 1. The molecular formula is C15H12Cl2F2O. The molecule has 1 N–H and O–H groups in total. The zero-order valence-corrected chi connectivity index (χ0v) is 11.9. The van der Waals surface area contributed by atoms with E-state index in [9.17, 15) is 13.9 Å². The molecule has 0 aliphatic carbocycles. The largest absolute Gasteiger partial charge is 0.392 e. The fraction of sp³-hybridized carbons (Fsp3) is 0.200. The Morgan fingerprint density at radius 3 is 2.40 bits per heavy atom. The molecule has 0 heterocycles. The van der Waals surface area contributed by atoms with Crippen molar-refractivity contribution < 1.29 is 13.9 Å². The molecule has 0 aliphatic heterocycles. The highest BCUT2D eigenvalue weighted by Crippen LogP contribution is 2.21. The normalized spacial score (nSPS) is 12.4. The van der Waals surface area contributed by atoms with Crippen LogP contribution < -0.4 is 0 Å². The third kappa shape index (κ3) is 3.69. The summed E-state index contributed by atoms with van der Waals surface area (Å²) >= 11 is 11.3. The molecule has 2 aromatic carbocycles. The van der Waals surface area contributed by atoms with Crippen molar-refractivity contribution in [3.8, 4) is 0 Å². The fourth-order valence-electron chi connectivity index (χ4n) is 1.97. The number of rotatable bonds is 4. The van der Waals surface area contributed by atoms with Crippen molar-refractivity contribution in [3.05, 3.63) is 69.2 Å². The summed E-state index contributed by atoms with van der Waals surface area (Å²) in [6, 6.07) is 8.83. The highest BCUT2D eigenvalue weighted by molar-refractivity contribution is 6.31. The highest BCUT2D eigenvalue weighted by Gasteiger charge is 2.14. The molecule has 106 valence electrons. The SMILES string of the molecule is OC(Cc1ccc(Cl)cc1F)Cc1cccc(Cl)c1F. The lowest BCUT2D eigenvalue weighted by atomic mass is 10.0. The molecule has 1 nitrogen and oxygen atoms in total. The predicted octanol–water partition coefficient (Wildman–Crippen LogP) is 4.42. The molecule has 0 fully saturated rings. The molecule has 0 aliphatic rings. The molecule has 1 atom stereocenters. The molecular weight excluding hydrogens is 305 g/mol. The second-order valence-electron chi connectivity index (χ2n) is 4.51. The van der Waals surface area contributed by atoms with Crippen LogP contribution in [0.15, 0.2) is 36.4 Å². The van der Waals surface area contributed by atoms with Crippen LogP contribution in [0.25, 0.3) is 0 Å². The van der Waals surface area contributed by atoms with Crippen LogP contribution >= 0.6 is 23.2 Å². The van der Waals surface area contributed by atoms with Crippen molar-refractivity contribution in [2.45, 2.75) is 18.9 Å². The van der Waals surface area contributed by atoms with E-state index in [1.54, 1.807) is 18.2 Å². The first-order chi connectivity index (χ1) is 9.47. The number of hydrogen-bond acceptors (Lipinski definition) is 1. The predicted molar refractivity (Wildman–Crippen MR) is 76.2 cm³/mol. The van der Waals surface area contributed by atoms with Gasteiger partial charge < -0.3 is 5.11 Å². The average molecular weight is 317 g/mol. The molecule has 0 aromatic heterocycles. The van der Waals surface area contributed by atoms with Gasteiger partial charge in [0.05, 0.1) is 11.1 Å². The number of aliphatic hydroxyl groups is 1. The Labute approximate surface area is 125 Å². The van der Waals surface area contributed by atoms with Gasteiger partial charge in [-0.1, -0.05) is 41.4 Å². The maximum atomic E-state index is 13.7. The first-order valence-corrected chi connectivity index (χ1v) is 6.78. The van der Waals surface area contributed by atoms with Crippen LogP contribution in [-0.2, 0) is 12.8 Å². The van der Waals surface area contributed by atoms with Crippen molar-refractivity contribution in [1.29, 1.82) is 0 Å². The Morgan fingerprint density at radius 1 is 1.00 bits per heavy atom. The Hall–Kier alpha value is -1.16. The van der Waals surface area contributed by atoms with E-state index in [1.165, 1.54) is 18.2 Å². The van der Waals surface area contributed by atoms with Gasteiger partial charge in [0.25, 0.3) is 0 Å². The standard InChI is InChI=1S/C15H12Cl2F2O/c16-11-5-4-9(14(18)8-11)6-12(20)7-10-2-1-3-13(17)15(10)19/h1-5,8,12,20H,6-7H2. The smallest absolute Gasteiger partial charge is 0.145 e.